The van der Waals surface area contributed by atoms with Crippen LogP contribution in [0.4, 0.5) is 24.7 Å². The van der Waals surface area contributed by atoms with Crippen LogP contribution in [-0.4, -0.2) is 29.0 Å². The van der Waals surface area contributed by atoms with Crippen LogP contribution in [0.15, 0.2) is 30.6 Å². The number of nitrogens with one attached hydrogen (secondary N) is 1. The van der Waals surface area contributed by atoms with Gasteiger partial charge in [0.2, 0.25) is 0 Å². The van der Waals surface area contributed by atoms with Crippen molar-refractivity contribution < 1.29 is 18.0 Å². The quantitative estimate of drug-likeness (QED) is 0.887. The summed E-state index contributed by atoms with van der Waals surface area (Å²) in [6.45, 7) is 1.78. The van der Waals surface area contributed by atoms with E-state index in [1.165, 1.54) is 12.4 Å². The number of carbonyl (C=O) groups excluding carboxylic acids is 1. The molecule has 132 valence electrons. The molecular formula is C16H14ClF3N4O. The summed E-state index contributed by atoms with van der Waals surface area (Å²) >= 11 is 5.86. The van der Waals surface area contributed by atoms with E-state index in [0.717, 1.165) is 44.1 Å². The fourth-order valence-electron chi connectivity index (χ4n) is 2.53. The maximum Gasteiger partial charge on any atom is 0.416 e. The van der Waals surface area contributed by atoms with Crippen LogP contribution in [0.5, 0.6) is 0 Å². The fourth-order valence-corrected chi connectivity index (χ4v) is 2.70. The molecule has 1 aliphatic rings. The number of alkyl halides is 3. The van der Waals surface area contributed by atoms with Crippen molar-refractivity contribution in [2.75, 3.05) is 23.3 Å². The van der Waals surface area contributed by atoms with E-state index < -0.39 is 17.6 Å². The average molecular weight is 371 g/mol. The third-order valence-electron chi connectivity index (χ3n) is 3.84. The third-order valence-corrected chi connectivity index (χ3v) is 4.17. The number of anilines is 2. The van der Waals surface area contributed by atoms with Gasteiger partial charge in [-0.2, -0.15) is 13.2 Å². The average Bonchev–Trinajstić information content (AvgIpc) is 3.10. The van der Waals surface area contributed by atoms with Crippen LogP contribution in [0, 0.1) is 0 Å². The Morgan fingerprint density at radius 2 is 1.88 bits per heavy atom. The van der Waals surface area contributed by atoms with Gasteiger partial charge in [0.1, 0.15) is 11.5 Å². The number of hydrogen-bond acceptors (Lipinski definition) is 4. The minimum Gasteiger partial charge on any atom is -0.355 e. The van der Waals surface area contributed by atoms with Gasteiger partial charge in [0, 0.05) is 13.1 Å². The van der Waals surface area contributed by atoms with Gasteiger partial charge >= 0.3 is 6.18 Å². The van der Waals surface area contributed by atoms with Crippen molar-refractivity contribution in [3.8, 4) is 0 Å². The largest absolute Gasteiger partial charge is 0.416 e. The van der Waals surface area contributed by atoms with Crippen LogP contribution in [0.2, 0.25) is 5.02 Å². The zero-order chi connectivity index (χ0) is 18.0. The van der Waals surface area contributed by atoms with Crippen molar-refractivity contribution in [2.45, 2.75) is 19.0 Å². The molecule has 9 heteroatoms. The Balaban J connectivity index is 1.76. The molecule has 0 aliphatic carbocycles. The highest BCUT2D eigenvalue weighted by molar-refractivity contribution is 6.33. The number of aromatic nitrogens is 2. The standard InChI is InChI=1S/C16H14ClF3N4O/c17-11-4-3-10(16(18,19)20)7-12(11)23-15(25)13-8-22-14(9-21-13)24-5-1-2-6-24/h3-4,7-9H,1-2,5-6H2,(H,23,25). The van der Waals surface area contributed by atoms with Crippen LogP contribution < -0.4 is 10.2 Å². The summed E-state index contributed by atoms with van der Waals surface area (Å²) in [5, 5.41) is 2.34. The molecule has 1 fully saturated rings. The SMILES string of the molecule is O=C(Nc1cc(C(F)(F)F)ccc1Cl)c1cnc(N2CCCC2)cn1. The van der Waals surface area contributed by atoms with Gasteiger partial charge in [0.05, 0.1) is 28.7 Å². The first kappa shape index (κ1) is 17.5. The summed E-state index contributed by atoms with van der Waals surface area (Å²) in [4.78, 5) is 22.5. The Morgan fingerprint density at radius 1 is 1.16 bits per heavy atom. The molecule has 0 bridgehead atoms. The maximum atomic E-state index is 12.8. The van der Waals surface area contributed by atoms with Gasteiger partial charge < -0.3 is 10.2 Å². The van der Waals surface area contributed by atoms with E-state index in [9.17, 15) is 18.0 Å². The normalized spacial score (nSPS) is 14.6. The van der Waals surface area contributed by atoms with Crippen molar-refractivity contribution >= 4 is 29.0 Å². The maximum absolute atomic E-state index is 12.8. The first-order chi connectivity index (χ1) is 11.8. The van der Waals surface area contributed by atoms with E-state index in [2.05, 4.69) is 20.2 Å². The summed E-state index contributed by atoms with van der Waals surface area (Å²) in [5.74, 6) is -0.00662. The van der Waals surface area contributed by atoms with E-state index in [1.54, 1.807) is 0 Å². The van der Waals surface area contributed by atoms with Gasteiger partial charge in [0.25, 0.3) is 5.91 Å². The first-order valence-corrected chi connectivity index (χ1v) is 7.97. The molecular weight excluding hydrogens is 357 g/mol. The Kier molecular flexibility index (Phi) is 4.80. The topological polar surface area (TPSA) is 58.1 Å². The van der Waals surface area contributed by atoms with Crippen molar-refractivity contribution in [1.82, 2.24) is 9.97 Å². The second-order valence-electron chi connectivity index (χ2n) is 5.60. The third kappa shape index (κ3) is 4.01. The predicted octanol–water partition coefficient (Wildman–Crippen LogP) is 4.00. The molecule has 3 rings (SSSR count). The summed E-state index contributed by atoms with van der Waals surface area (Å²) in [6.07, 6.45) is 0.412. The van der Waals surface area contributed by atoms with Crippen LogP contribution in [0.25, 0.3) is 0 Å². The van der Waals surface area contributed by atoms with E-state index in [4.69, 9.17) is 11.6 Å². The molecule has 1 aromatic carbocycles. The monoisotopic (exact) mass is 370 g/mol. The van der Waals surface area contributed by atoms with Crippen LogP contribution >= 0.6 is 11.6 Å². The Hall–Kier alpha value is -2.35. The number of amides is 1. The first-order valence-electron chi connectivity index (χ1n) is 7.60. The molecule has 1 amide bonds. The zero-order valence-corrected chi connectivity index (χ0v) is 13.7. The highest BCUT2D eigenvalue weighted by Gasteiger charge is 2.31. The summed E-state index contributed by atoms with van der Waals surface area (Å²) in [5.41, 5.74) is -1.04. The molecule has 0 radical (unpaired) electrons. The molecule has 1 N–H and O–H groups in total. The van der Waals surface area contributed by atoms with Crippen molar-refractivity contribution in [1.29, 1.82) is 0 Å². The fraction of sp³-hybridized carbons (Fsp3) is 0.312. The Morgan fingerprint density at radius 3 is 2.48 bits per heavy atom. The lowest BCUT2D eigenvalue weighted by Gasteiger charge is -2.15. The van der Waals surface area contributed by atoms with Gasteiger partial charge in [-0.25, -0.2) is 9.97 Å². The number of carbonyl (C=O) groups is 1. The second kappa shape index (κ2) is 6.87. The van der Waals surface area contributed by atoms with Gasteiger partial charge in [-0.15, -0.1) is 0 Å². The number of rotatable bonds is 3. The van der Waals surface area contributed by atoms with Crippen LogP contribution in [0.1, 0.15) is 28.9 Å². The van der Waals surface area contributed by atoms with Gasteiger partial charge in [-0.1, -0.05) is 11.6 Å². The smallest absolute Gasteiger partial charge is 0.355 e. The van der Waals surface area contributed by atoms with E-state index in [-0.39, 0.29) is 16.4 Å². The van der Waals surface area contributed by atoms with Crippen LogP contribution in [0.3, 0.4) is 0 Å². The minimum absolute atomic E-state index is 0.00277. The van der Waals surface area contributed by atoms with Crippen molar-refractivity contribution in [3.05, 3.63) is 46.9 Å². The van der Waals surface area contributed by atoms with E-state index >= 15 is 0 Å². The number of hydrogen-bond donors (Lipinski definition) is 1. The summed E-state index contributed by atoms with van der Waals surface area (Å²) in [7, 11) is 0. The van der Waals surface area contributed by atoms with Gasteiger partial charge in [0.15, 0.2) is 0 Å². The van der Waals surface area contributed by atoms with Gasteiger partial charge in [-0.05, 0) is 31.0 Å². The lowest BCUT2D eigenvalue weighted by molar-refractivity contribution is -0.137. The van der Waals surface area contributed by atoms with E-state index in [1.807, 2.05) is 0 Å². The molecule has 0 unspecified atom stereocenters. The Bertz CT molecular complexity index is 774. The molecule has 0 spiro atoms. The Labute approximate surface area is 146 Å². The van der Waals surface area contributed by atoms with Crippen molar-refractivity contribution in [3.63, 3.8) is 0 Å². The highest BCUT2D eigenvalue weighted by Crippen LogP contribution is 2.33. The number of benzene rings is 1. The van der Waals surface area contributed by atoms with Gasteiger partial charge in [-0.3, -0.25) is 4.79 Å². The van der Waals surface area contributed by atoms with Crippen molar-refractivity contribution in [2.24, 2.45) is 0 Å². The molecule has 25 heavy (non-hydrogen) atoms. The molecule has 2 heterocycles. The summed E-state index contributed by atoms with van der Waals surface area (Å²) < 4.78 is 38.3. The van der Waals surface area contributed by atoms with Crippen LogP contribution in [-0.2, 0) is 6.18 Å². The molecule has 2 aromatic rings. The predicted molar refractivity (Wildman–Crippen MR) is 87.9 cm³/mol. The molecule has 1 aromatic heterocycles. The van der Waals surface area contributed by atoms with E-state index in [0.29, 0.717) is 5.82 Å². The molecule has 0 atom stereocenters. The zero-order valence-electron chi connectivity index (χ0n) is 13.0. The minimum atomic E-state index is -4.53. The summed E-state index contributed by atoms with van der Waals surface area (Å²) in [6, 6.07) is 2.72. The second-order valence-corrected chi connectivity index (χ2v) is 6.01. The number of halogens is 4. The lowest BCUT2D eigenvalue weighted by Crippen LogP contribution is -2.20. The molecule has 1 saturated heterocycles. The molecule has 0 saturated carbocycles. The lowest BCUT2D eigenvalue weighted by atomic mass is 10.2. The highest BCUT2D eigenvalue weighted by atomic mass is 35.5. The number of nitrogens with zero attached hydrogens (tertiary/aromatic N) is 3. The molecule has 5 nitrogen and oxygen atoms in total. The molecule has 1 aliphatic heterocycles.